The van der Waals surface area contributed by atoms with Gasteiger partial charge in [-0.3, -0.25) is 14.6 Å². The second kappa shape index (κ2) is 11.0. The summed E-state index contributed by atoms with van der Waals surface area (Å²) in [5.74, 6) is 0.833. The van der Waals surface area contributed by atoms with Crippen LogP contribution in [0.3, 0.4) is 0 Å². The topological polar surface area (TPSA) is 110 Å². The Balaban J connectivity index is 1.30. The van der Waals surface area contributed by atoms with Crippen molar-refractivity contribution in [2.24, 2.45) is 0 Å². The lowest BCUT2D eigenvalue weighted by Crippen LogP contribution is -2.25. The monoisotopic (exact) mass is 455 g/mol. The first kappa shape index (κ1) is 22.8. The smallest absolute Gasteiger partial charge is 0.254 e. The maximum Gasteiger partial charge on any atom is 0.254 e. The maximum atomic E-state index is 12.6. The predicted octanol–water partition coefficient (Wildman–Crippen LogP) is 3.36. The fraction of sp³-hybridized carbons (Fsp3) is 0.192. The first-order chi connectivity index (χ1) is 16.6. The van der Waals surface area contributed by atoms with E-state index in [2.05, 4.69) is 25.3 Å². The minimum atomic E-state index is -0.235. The van der Waals surface area contributed by atoms with Crippen LogP contribution in [0.1, 0.15) is 28.8 Å². The van der Waals surface area contributed by atoms with Gasteiger partial charge in [0.1, 0.15) is 12.4 Å². The molecule has 0 spiro atoms. The van der Waals surface area contributed by atoms with Gasteiger partial charge in [-0.25, -0.2) is 9.97 Å². The van der Waals surface area contributed by atoms with Crippen molar-refractivity contribution in [2.45, 2.75) is 32.9 Å². The lowest BCUT2D eigenvalue weighted by Gasteiger charge is -2.09. The molecule has 3 aromatic heterocycles. The Morgan fingerprint density at radius 3 is 2.59 bits per heavy atom. The van der Waals surface area contributed by atoms with Crippen LogP contribution in [-0.4, -0.2) is 25.8 Å². The molecule has 0 atom stereocenters. The Hall–Kier alpha value is -4.33. The van der Waals surface area contributed by atoms with Crippen LogP contribution < -0.4 is 15.6 Å². The van der Waals surface area contributed by atoms with Crippen LogP contribution in [0.2, 0.25) is 0 Å². The number of aromatic amines is 1. The number of carbonyl (C=O) groups is 1. The summed E-state index contributed by atoms with van der Waals surface area (Å²) in [6, 6.07) is 17.0. The number of amides is 1. The molecule has 0 aliphatic rings. The third-order valence-corrected chi connectivity index (χ3v) is 5.30. The van der Waals surface area contributed by atoms with Crippen molar-refractivity contribution < 1.29 is 9.53 Å². The standard InChI is InChI=1S/C26H25N5O3/c1-18-22(26(33)31-25(30-18)21-10-12-27-13-11-21)7-8-23(32)29-16-20-9-14-28-24(15-20)34-17-19-5-3-2-4-6-19/h2-6,9-15H,7-8,16-17H2,1H3,(H,29,32)(H,30,31,33). The first-order valence-electron chi connectivity index (χ1n) is 11.0. The zero-order chi connectivity index (χ0) is 23.8. The van der Waals surface area contributed by atoms with E-state index in [-0.39, 0.29) is 17.9 Å². The van der Waals surface area contributed by atoms with Gasteiger partial charge in [-0.15, -0.1) is 0 Å². The van der Waals surface area contributed by atoms with Crippen LogP contribution in [0.5, 0.6) is 5.88 Å². The van der Waals surface area contributed by atoms with Crippen molar-refractivity contribution in [3.63, 3.8) is 0 Å². The summed E-state index contributed by atoms with van der Waals surface area (Å²) >= 11 is 0. The maximum absolute atomic E-state index is 12.6. The number of pyridine rings is 2. The number of hydrogen-bond acceptors (Lipinski definition) is 6. The van der Waals surface area contributed by atoms with Gasteiger partial charge in [0.05, 0.1) is 0 Å². The van der Waals surface area contributed by atoms with E-state index in [1.165, 1.54) is 0 Å². The van der Waals surface area contributed by atoms with E-state index in [1.807, 2.05) is 36.4 Å². The molecule has 0 bridgehead atoms. The van der Waals surface area contributed by atoms with Crippen LogP contribution in [0, 0.1) is 6.92 Å². The summed E-state index contributed by atoms with van der Waals surface area (Å²) in [5, 5.41) is 2.88. The number of aromatic nitrogens is 4. The summed E-state index contributed by atoms with van der Waals surface area (Å²) in [5.41, 5.74) is 3.59. The second-order valence-electron chi connectivity index (χ2n) is 7.77. The Bertz CT molecular complexity index is 1310. The average molecular weight is 456 g/mol. The molecule has 0 saturated carbocycles. The van der Waals surface area contributed by atoms with E-state index >= 15 is 0 Å². The molecule has 1 aromatic carbocycles. The number of rotatable bonds is 9. The Kier molecular flexibility index (Phi) is 7.39. The molecule has 1 amide bonds. The third-order valence-electron chi connectivity index (χ3n) is 5.30. The predicted molar refractivity (Wildman–Crippen MR) is 128 cm³/mol. The quantitative estimate of drug-likeness (QED) is 0.400. The number of ether oxygens (including phenoxy) is 1. The zero-order valence-corrected chi connectivity index (χ0v) is 18.8. The van der Waals surface area contributed by atoms with Crippen molar-refractivity contribution in [2.75, 3.05) is 0 Å². The van der Waals surface area contributed by atoms with Gasteiger partial charge in [-0.2, -0.15) is 0 Å². The number of carbonyl (C=O) groups excluding carboxylic acids is 1. The molecule has 0 unspecified atom stereocenters. The molecule has 172 valence electrons. The highest BCUT2D eigenvalue weighted by atomic mass is 16.5. The van der Waals surface area contributed by atoms with Gasteiger partial charge in [-0.05, 0) is 42.7 Å². The van der Waals surface area contributed by atoms with E-state index in [4.69, 9.17) is 4.74 Å². The van der Waals surface area contributed by atoms with Crippen molar-refractivity contribution in [3.05, 3.63) is 106 Å². The van der Waals surface area contributed by atoms with Gasteiger partial charge in [-0.1, -0.05) is 30.3 Å². The van der Waals surface area contributed by atoms with Crippen molar-refractivity contribution in [3.8, 4) is 17.3 Å². The van der Waals surface area contributed by atoms with Crippen LogP contribution in [0.15, 0.2) is 78.0 Å². The van der Waals surface area contributed by atoms with E-state index in [9.17, 15) is 9.59 Å². The van der Waals surface area contributed by atoms with Gasteiger partial charge in [0.2, 0.25) is 11.8 Å². The number of nitrogens with zero attached hydrogens (tertiary/aromatic N) is 3. The molecular formula is C26H25N5O3. The summed E-state index contributed by atoms with van der Waals surface area (Å²) in [4.78, 5) is 40.4. The van der Waals surface area contributed by atoms with Crippen molar-refractivity contribution in [1.82, 2.24) is 25.3 Å². The second-order valence-corrected chi connectivity index (χ2v) is 7.77. The number of aryl methyl sites for hydroxylation is 1. The van der Waals surface area contributed by atoms with Crippen LogP contribution >= 0.6 is 0 Å². The number of nitrogens with one attached hydrogen (secondary N) is 2. The summed E-state index contributed by atoms with van der Waals surface area (Å²) in [7, 11) is 0. The van der Waals surface area contributed by atoms with Crippen molar-refractivity contribution in [1.29, 1.82) is 0 Å². The normalized spacial score (nSPS) is 10.6. The lowest BCUT2D eigenvalue weighted by molar-refractivity contribution is -0.121. The van der Waals surface area contributed by atoms with Crippen LogP contribution in [0.25, 0.3) is 11.4 Å². The largest absolute Gasteiger partial charge is 0.473 e. The molecule has 3 heterocycles. The summed E-state index contributed by atoms with van der Waals surface area (Å²) < 4.78 is 5.74. The minimum absolute atomic E-state index is 0.152. The Labute approximate surface area is 197 Å². The third kappa shape index (κ3) is 6.13. The average Bonchev–Trinajstić information content (AvgIpc) is 2.87. The molecule has 8 heteroatoms. The lowest BCUT2D eigenvalue weighted by atomic mass is 10.1. The van der Waals surface area contributed by atoms with E-state index in [1.54, 1.807) is 43.7 Å². The molecule has 4 rings (SSSR count). The molecule has 0 aliphatic heterocycles. The number of H-pyrrole nitrogens is 1. The number of benzene rings is 1. The minimum Gasteiger partial charge on any atom is -0.473 e. The molecule has 0 radical (unpaired) electrons. The molecule has 34 heavy (non-hydrogen) atoms. The molecule has 4 aromatic rings. The Morgan fingerprint density at radius 1 is 1.03 bits per heavy atom. The van der Waals surface area contributed by atoms with Crippen molar-refractivity contribution >= 4 is 5.91 Å². The summed E-state index contributed by atoms with van der Waals surface area (Å²) in [6.45, 7) is 2.55. The first-order valence-corrected chi connectivity index (χ1v) is 11.0. The van der Waals surface area contributed by atoms with Crippen LogP contribution in [-0.2, 0) is 24.4 Å². The zero-order valence-electron chi connectivity index (χ0n) is 18.8. The fourth-order valence-electron chi connectivity index (χ4n) is 3.45. The van der Waals surface area contributed by atoms with Gasteiger partial charge in [0, 0.05) is 54.4 Å². The molecule has 0 saturated heterocycles. The Morgan fingerprint density at radius 2 is 1.82 bits per heavy atom. The highest BCUT2D eigenvalue weighted by Gasteiger charge is 2.12. The van der Waals surface area contributed by atoms with E-state index in [0.29, 0.717) is 42.5 Å². The van der Waals surface area contributed by atoms with Crippen LogP contribution in [0.4, 0.5) is 0 Å². The highest BCUT2D eigenvalue weighted by molar-refractivity contribution is 5.76. The van der Waals surface area contributed by atoms with Gasteiger partial charge in [0.15, 0.2) is 0 Å². The number of hydrogen-bond donors (Lipinski definition) is 2. The van der Waals surface area contributed by atoms with Gasteiger partial charge in [0.25, 0.3) is 5.56 Å². The van der Waals surface area contributed by atoms with E-state index in [0.717, 1.165) is 16.7 Å². The molecule has 0 aliphatic carbocycles. The van der Waals surface area contributed by atoms with Gasteiger partial charge < -0.3 is 15.0 Å². The van der Waals surface area contributed by atoms with Gasteiger partial charge >= 0.3 is 0 Å². The highest BCUT2D eigenvalue weighted by Crippen LogP contribution is 2.14. The fourth-order valence-corrected chi connectivity index (χ4v) is 3.45. The molecular weight excluding hydrogens is 430 g/mol. The molecule has 2 N–H and O–H groups in total. The molecule has 0 fully saturated rings. The summed E-state index contributed by atoms with van der Waals surface area (Å²) in [6.07, 6.45) is 5.43. The molecule has 8 nitrogen and oxygen atoms in total. The SMILES string of the molecule is Cc1nc(-c2ccncc2)[nH]c(=O)c1CCC(=O)NCc1ccnc(OCc2ccccc2)c1. The van der Waals surface area contributed by atoms with E-state index < -0.39 is 0 Å².